The summed E-state index contributed by atoms with van der Waals surface area (Å²) in [6.07, 6.45) is 0.472. The van der Waals surface area contributed by atoms with Crippen LogP contribution in [0.15, 0.2) is 10.3 Å². The highest BCUT2D eigenvalue weighted by Crippen LogP contribution is 2.30. The molecule has 0 saturated carbocycles. The molecular formula is C10H15ClN2O2S3. The van der Waals surface area contributed by atoms with Gasteiger partial charge in [-0.3, -0.25) is 0 Å². The Hall–Kier alpha value is -0.210. The molecular weight excluding hydrogens is 312 g/mol. The first-order chi connectivity index (χ1) is 8.12. The van der Waals surface area contributed by atoms with E-state index >= 15 is 0 Å². The molecule has 0 aliphatic carbocycles. The molecule has 1 aromatic rings. The van der Waals surface area contributed by atoms with Gasteiger partial charge in [-0.15, -0.1) is 11.3 Å². The van der Waals surface area contributed by atoms with E-state index < -0.39 is 15.6 Å². The van der Waals surface area contributed by atoms with E-state index in [2.05, 4.69) is 4.72 Å². The van der Waals surface area contributed by atoms with Crippen LogP contribution in [-0.4, -0.2) is 18.9 Å². The van der Waals surface area contributed by atoms with E-state index in [1.165, 1.54) is 6.07 Å². The van der Waals surface area contributed by atoms with E-state index in [9.17, 15) is 8.42 Å². The van der Waals surface area contributed by atoms with E-state index in [0.29, 0.717) is 10.8 Å². The fraction of sp³-hybridized carbons (Fsp3) is 0.500. The predicted molar refractivity (Wildman–Crippen MR) is 79.9 cm³/mol. The van der Waals surface area contributed by atoms with Crippen molar-refractivity contribution >= 4 is 50.2 Å². The van der Waals surface area contributed by atoms with Gasteiger partial charge < -0.3 is 5.73 Å². The highest BCUT2D eigenvalue weighted by atomic mass is 35.5. The van der Waals surface area contributed by atoms with Crippen LogP contribution in [0, 0.1) is 6.92 Å². The van der Waals surface area contributed by atoms with Crippen molar-refractivity contribution in [1.29, 1.82) is 0 Å². The van der Waals surface area contributed by atoms with Crippen LogP contribution in [0.5, 0.6) is 0 Å². The average molecular weight is 327 g/mol. The van der Waals surface area contributed by atoms with Crippen molar-refractivity contribution in [3.05, 3.63) is 16.0 Å². The Kier molecular flexibility index (Phi) is 4.77. The highest BCUT2D eigenvalue weighted by Gasteiger charge is 2.32. The lowest BCUT2D eigenvalue weighted by atomic mass is 10.0. The zero-order valence-electron chi connectivity index (χ0n) is 10.3. The molecule has 1 aromatic heterocycles. The van der Waals surface area contributed by atoms with E-state index in [-0.39, 0.29) is 9.20 Å². The maximum absolute atomic E-state index is 12.2. The summed E-state index contributed by atoms with van der Waals surface area (Å²) in [4.78, 5) is 0.118. The van der Waals surface area contributed by atoms with Crippen molar-refractivity contribution in [1.82, 2.24) is 4.72 Å². The number of rotatable bonds is 5. The molecule has 1 unspecified atom stereocenters. The van der Waals surface area contributed by atoms with Gasteiger partial charge in [0, 0.05) is 0 Å². The van der Waals surface area contributed by atoms with Gasteiger partial charge in [0.25, 0.3) is 10.0 Å². The lowest BCUT2D eigenvalue weighted by Crippen LogP contribution is -2.53. The third-order valence-electron chi connectivity index (χ3n) is 2.71. The molecule has 0 radical (unpaired) electrons. The molecule has 1 rings (SSSR count). The lowest BCUT2D eigenvalue weighted by Gasteiger charge is -2.27. The van der Waals surface area contributed by atoms with Gasteiger partial charge in [0.1, 0.15) is 4.21 Å². The number of nitrogens with two attached hydrogens (primary N) is 1. The first-order valence-electron chi connectivity index (χ1n) is 5.22. The third kappa shape index (κ3) is 3.21. The Labute approximate surface area is 122 Å². The second-order valence-electron chi connectivity index (χ2n) is 4.18. The van der Waals surface area contributed by atoms with E-state index in [1.807, 2.05) is 6.92 Å². The van der Waals surface area contributed by atoms with Crippen molar-refractivity contribution in [2.24, 2.45) is 5.73 Å². The Morgan fingerprint density at radius 2 is 2.22 bits per heavy atom. The third-order valence-corrected chi connectivity index (χ3v) is 6.79. The number of halogens is 1. The highest BCUT2D eigenvalue weighted by molar-refractivity contribution is 7.91. The molecule has 18 heavy (non-hydrogen) atoms. The Balaban J connectivity index is 3.13. The van der Waals surface area contributed by atoms with Gasteiger partial charge in [0.2, 0.25) is 0 Å². The monoisotopic (exact) mass is 326 g/mol. The molecule has 8 heteroatoms. The maximum atomic E-state index is 12.2. The summed E-state index contributed by atoms with van der Waals surface area (Å²) in [6, 6.07) is 1.53. The Morgan fingerprint density at radius 3 is 2.56 bits per heavy atom. The zero-order chi connectivity index (χ0) is 14.1. The number of thiocarbonyl (C=S) groups is 1. The van der Waals surface area contributed by atoms with Crippen LogP contribution < -0.4 is 10.5 Å². The first kappa shape index (κ1) is 15.8. The van der Waals surface area contributed by atoms with Crippen molar-refractivity contribution in [2.45, 2.75) is 36.9 Å². The minimum atomic E-state index is -3.66. The molecule has 4 nitrogen and oxygen atoms in total. The number of hydrogen-bond donors (Lipinski definition) is 2. The minimum Gasteiger partial charge on any atom is -0.392 e. The normalized spacial score (nSPS) is 15.3. The Morgan fingerprint density at radius 1 is 1.67 bits per heavy atom. The fourth-order valence-corrected chi connectivity index (χ4v) is 4.63. The number of aryl methyl sites for hydroxylation is 1. The number of sulfonamides is 1. The van der Waals surface area contributed by atoms with Gasteiger partial charge in [0.15, 0.2) is 0 Å². The van der Waals surface area contributed by atoms with Crippen LogP contribution >= 0.6 is 35.2 Å². The van der Waals surface area contributed by atoms with Crippen LogP contribution in [0.4, 0.5) is 0 Å². The van der Waals surface area contributed by atoms with Crippen LogP contribution in [0.25, 0.3) is 0 Å². The van der Waals surface area contributed by atoms with E-state index in [0.717, 1.165) is 16.9 Å². The van der Waals surface area contributed by atoms with Gasteiger partial charge in [-0.1, -0.05) is 30.7 Å². The van der Waals surface area contributed by atoms with Crippen molar-refractivity contribution in [2.75, 3.05) is 0 Å². The van der Waals surface area contributed by atoms with Crippen LogP contribution in [0.1, 0.15) is 25.8 Å². The minimum absolute atomic E-state index is 0.118. The van der Waals surface area contributed by atoms with E-state index in [1.54, 1.807) is 13.8 Å². The molecule has 3 N–H and O–H groups in total. The average Bonchev–Trinajstić information content (AvgIpc) is 2.59. The van der Waals surface area contributed by atoms with Crippen molar-refractivity contribution < 1.29 is 8.42 Å². The lowest BCUT2D eigenvalue weighted by molar-refractivity contribution is 0.513. The number of hydrogen-bond acceptors (Lipinski definition) is 4. The molecule has 0 fully saturated rings. The summed E-state index contributed by atoms with van der Waals surface area (Å²) in [6.45, 7) is 5.23. The quantitative estimate of drug-likeness (QED) is 0.815. The van der Waals surface area contributed by atoms with Gasteiger partial charge in [-0.05, 0) is 31.9 Å². The number of thiophene rings is 1. The number of nitrogens with one attached hydrogen (secondary N) is 1. The first-order valence-corrected chi connectivity index (χ1v) is 8.31. The van der Waals surface area contributed by atoms with Crippen molar-refractivity contribution in [3.8, 4) is 0 Å². The maximum Gasteiger partial charge on any atom is 0.250 e. The standard InChI is InChI=1S/C10H15ClN2O2S3/c1-4-10(3,9(12)16)13-18(14,15)7-5-6(2)8(11)17-7/h5,13H,4H2,1-3H3,(H2,12,16). The molecule has 0 aliphatic heterocycles. The smallest absolute Gasteiger partial charge is 0.250 e. The zero-order valence-corrected chi connectivity index (χ0v) is 13.5. The van der Waals surface area contributed by atoms with Crippen LogP contribution in [0.3, 0.4) is 0 Å². The fourth-order valence-electron chi connectivity index (χ4n) is 1.21. The molecule has 0 amide bonds. The second-order valence-corrected chi connectivity index (χ2v) is 8.18. The van der Waals surface area contributed by atoms with Crippen LogP contribution in [0.2, 0.25) is 4.34 Å². The van der Waals surface area contributed by atoms with Gasteiger partial charge in [-0.25, -0.2) is 8.42 Å². The summed E-state index contributed by atoms with van der Waals surface area (Å²) >= 11 is 11.8. The summed E-state index contributed by atoms with van der Waals surface area (Å²) in [5, 5.41) is 0. The molecule has 1 heterocycles. The summed E-state index contributed by atoms with van der Waals surface area (Å²) < 4.78 is 27.6. The molecule has 0 saturated heterocycles. The second kappa shape index (κ2) is 5.42. The predicted octanol–water partition coefficient (Wildman–Crippen LogP) is 2.44. The largest absolute Gasteiger partial charge is 0.392 e. The molecule has 1 atom stereocenters. The van der Waals surface area contributed by atoms with Crippen molar-refractivity contribution in [3.63, 3.8) is 0 Å². The molecule has 0 aliphatic rings. The summed E-state index contributed by atoms with van der Waals surface area (Å²) in [7, 11) is -3.66. The Bertz CT molecular complexity index is 548. The topological polar surface area (TPSA) is 72.2 Å². The summed E-state index contributed by atoms with van der Waals surface area (Å²) in [5.74, 6) is 0. The molecule has 0 bridgehead atoms. The van der Waals surface area contributed by atoms with Gasteiger partial charge >= 0.3 is 0 Å². The molecule has 102 valence electrons. The van der Waals surface area contributed by atoms with Crippen LogP contribution in [-0.2, 0) is 10.0 Å². The van der Waals surface area contributed by atoms with Gasteiger partial charge in [-0.2, -0.15) is 4.72 Å². The molecule has 0 aromatic carbocycles. The van der Waals surface area contributed by atoms with Gasteiger partial charge in [0.05, 0.1) is 14.9 Å². The SMILES string of the molecule is CCC(C)(NS(=O)(=O)c1cc(C)c(Cl)s1)C(N)=S. The molecule has 0 spiro atoms. The van der Waals surface area contributed by atoms with E-state index in [4.69, 9.17) is 29.6 Å². The summed E-state index contributed by atoms with van der Waals surface area (Å²) in [5.41, 5.74) is 5.38.